The number of hydrogen-bond acceptors (Lipinski definition) is 2. The second-order valence-corrected chi connectivity index (χ2v) is 4.56. The van der Waals surface area contributed by atoms with Gasteiger partial charge in [0.15, 0.2) is 0 Å². The van der Waals surface area contributed by atoms with E-state index in [1.807, 2.05) is 0 Å². The van der Waals surface area contributed by atoms with Crippen molar-refractivity contribution in [3.05, 3.63) is 40.8 Å². The van der Waals surface area contributed by atoms with E-state index in [1.165, 1.54) is 0 Å². The third-order valence-electron chi connectivity index (χ3n) is 3.19. The van der Waals surface area contributed by atoms with Crippen LogP contribution in [0.4, 0.5) is 17.6 Å². The second kappa shape index (κ2) is 4.59. The average Bonchev–Trinajstić information content (AvgIpc) is 2.80. The molecule has 2 heterocycles. The molecular formula is C13H10F4N2O. The number of H-pyrrole nitrogens is 1. The summed E-state index contributed by atoms with van der Waals surface area (Å²) in [5, 5.41) is 6.76. The van der Waals surface area contributed by atoms with Crippen molar-refractivity contribution in [3.8, 4) is 11.3 Å². The van der Waals surface area contributed by atoms with Gasteiger partial charge >= 0.3 is 6.18 Å². The van der Waals surface area contributed by atoms with Crippen molar-refractivity contribution in [2.45, 2.75) is 19.2 Å². The summed E-state index contributed by atoms with van der Waals surface area (Å²) in [4.78, 5) is 0. The summed E-state index contributed by atoms with van der Waals surface area (Å²) < 4.78 is 56.8. The lowest BCUT2D eigenvalue weighted by Gasteiger charge is -2.13. The number of aromatic amines is 1. The largest absolute Gasteiger partial charge is 0.416 e. The Balaban J connectivity index is 2.11. The highest BCUT2D eigenvalue weighted by Gasteiger charge is 2.32. The fraction of sp³-hybridized carbons (Fsp3) is 0.308. The predicted molar refractivity (Wildman–Crippen MR) is 62.3 cm³/mol. The number of fused-ring (bicyclic) bond motifs is 1. The molecule has 1 aromatic heterocycles. The lowest BCUT2D eigenvalue weighted by atomic mass is 10.0. The summed E-state index contributed by atoms with van der Waals surface area (Å²) in [6.07, 6.45) is -3.98. The maximum atomic E-state index is 13.4. The van der Waals surface area contributed by atoms with Crippen molar-refractivity contribution in [2.75, 3.05) is 6.61 Å². The maximum absolute atomic E-state index is 13.4. The highest BCUT2D eigenvalue weighted by Crippen LogP contribution is 2.34. The summed E-state index contributed by atoms with van der Waals surface area (Å²) in [6.45, 7) is 0.796. The zero-order valence-electron chi connectivity index (χ0n) is 10.2. The lowest BCUT2D eigenvalue weighted by molar-refractivity contribution is -0.137. The lowest BCUT2D eigenvalue weighted by Crippen LogP contribution is -2.09. The first-order valence-electron chi connectivity index (χ1n) is 5.97. The molecular weight excluding hydrogens is 276 g/mol. The number of alkyl halides is 3. The van der Waals surface area contributed by atoms with Crippen LogP contribution in [-0.4, -0.2) is 16.8 Å². The Morgan fingerprint density at radius 3 is 2.75 bits per heavy atom. The van der Waals surface area contributed by atoms with E-state index < -0.39 is 17.6 Å². The first kappa shape index (κ1) is 13.1. The van der Waals surface area contributed by atoms with Gasteiger partial charge in [0.1, 0.15) is 5.82 Å². The number of nitrogens with zero attached hydrogens (tertiary/aromatic N) is 1. The maximum Gasteiger partial charge on any atom is 0.416 e. The van der Waals surface area contributed by atoms with Crippen LogP contribution in [0.5, 0.6) is 0 Å². The van der Waals surface area contributed by atoms with Crippen LogP contribution in [-0.2, 0) is 23.9 Å². The van der Waals surface area contributed by atoms with Gasteiger partial charge in [0.05, 0.1) is 24.5 Å². The minimum Gasteiger partial charge on any atom is -0.376 e. The Morgan fingerprint density at radius 1 is 1.20 bits per heavy atom. The molecule has 0 saturated carbocycles. The van der Waals surface area contributed by atoms with Crippen LogP contribution in [0.3, 0.4) is 0 Å². The van der Waals surface area contributed by atoms with Crippen molar-refractivity contribution >= 4 is 0 Å². The van der Waals surface area contributed by atoms with E-state index >= 15 is 0 Å². The molecule has 0 radical (unpaired) electrons. The van der Waals surface area contributed by atoms with Crippen molar-refractivity contribution < 1.29 is 22.3 Å². The molecule has 1 aromatic carbocycles. The summed E-state index contributed by atoms with van der Waals surface area (Å²) in [6, 6.07) is 2.41. The first-order chi connectivity index (χ1) is 9.45. The molecule has 1 aliphatic heterocycles. The average molecular weight is 286 g/mol. The van der Waals surface area contributed by atoms with Crippen molar-refractivity contribution in [2.24, 2.45) is 0 Å². The Labute approximate surface area is 111 Å². The molecule has 0 unspecified atom stereocenters. The number of aromatic nitrogens is 2. The van der Waals surface area contributed by atoms with Gasteiger partial charge in [-0.1, -0.05) is 0 Å². The van der Waals surface area contributed by atoms with E-state index in [2.05, 4.69) is 10.2 Å². The standard InChI is InChI=1S/C13H10F4N2O/c14-9-4-7(3-8(5-9)13(15,16)17)12-10-6-20-2-1-11(10)18-19-12/h3-5H,1-2,6H2,(H,18,19). The molecule has 2 aromatic rings. The third-order valence-corrected chi connectivity index (χ3v) is 3.19. The Bertz CT molecular complexity index is 648. The van der Waals surface area contributed by atoms with Gasteiger partial charge in [-0.15, -0.1) is 0 Å². The van der Waals surface area contributed by atoms with E-state index in [4.69, 9.17) is 4.74 Å². The van der Waals surface area contributed by atoms with Crippen LogP contribution in [0, 0.1) is 5.82 Å². The molecule has 1 N–H and O–H groups in total. The molecule has 0 atom stereocenters. The van der Waals surface area contributed by atoms with Crippen LogP contribution in [0.15, 0.2) is 18.2 Å². The summed E-state index contributed by atoms with van der Waals surface area (Å²) in [5.74, 6) is -0.941. The number of rotatable bonds is 1. The summed E-state index contributed by atoms with van der Waals surface area (Å²) >= 11 is 0. The topological polar surface area (TPSA) is 37.9 Å². The van der Waals surface area contributed by atoms with Gasteiger partial charge in [-0.3, -0.25) is 5.10 Å². The number of halogens is 4. The minimum atomic E-state index is -4.59. The van der Waals surface area contributed by atoms with E-state index in [-0.39, 0.29) is 12.2 Å². The molecule has 1 aliphatic rings. The molecule has 0 saturated heterocycles. The predicted octanol–water partition coefficient (Wildman–Crippen LogP) is 3.31. The summed E-state index contributed by atoms with van der Waals surface area (Å²) in [7, 11) is 0. The molecule has 0 spiro atoms. The van der Waals surface area contributed by atoms with Gasteiger partial charge in [-0.2, -0.15) is 18.3 Å². The highest BCUT2D eigenvalue weighted by atomic mass is 19.4. The normalized spacial score (nSPS) is 15.2. The van der Waals surface area contributed by atoms with Crippen molar-refractivity contribution in [1.29, 1.82) is 0 Å². The first-order valence-corrected chi connectivity index (χ1v) is 5.97. The SMILES string of the molecule is Fc1cc(-c2n[nH]c3c2COCC3)cc(C(F)(F)F)c1. The van der Waals surface area contributed by atoms with Gasteiger partial charge in [0, 0.05) is 23.2 Å². The molecule has 0 bridgehead atoms. The monoisotopic (exact) mass is 286 g/mol. The number of hydrogen-bond donors (Lipinski definition) is 1. The zero-order chi connectivity index (χ0) is 14.3. The molecule has 0 amide bonds. The molecule has 20 heavy (non-hydrogen) atoms. The van der Waals surface area contributed by atoms with Gasteiger partial charge in [0.25, 0.3) is 0 Å². The van der Waals surface area contributed by atoms with Crippen LogP contribution in [0.1, 0.15) is 16.8 Å². The Hall–Kier alpha value is -1.89. The molecule has 106 valence electrons. The molecule has 0 aliphatic carbocycles. The molecule has 3 rings (SSSR count). The third kappa shape index (κ3) is 2.29. The smallest absolute Gasteiger partial charge is 0.376 e. The molecule has 3 nitrogen and oxygen atoms in total. The van der Waals surface area contributed by atoms with E-state index in [1.54, 1.807) is 0 Å². The van der Waals surface area contributed by atoms with E-state index in [9.17, 15) is 17.6 Å². The fourth-order valence-electron chi connectivity index (χ4n) is 2.24. The Morgan fingerprint density at radius 2 is 2.00 bits per heavy atom. The molecule has 7 heteroatoms. The van der Waals surface area contributed by atoms with E-state index in [0.29, 0.717) is 30.4 Å². The van der Waals surface area contributed by atoms with Crippen LogP contribution < -0.4 is 0 Å². The molecule has 0 fully saturated rings. The fourth-order valence-corrected chi connectivity index (χ4v) is 2.24. The second-order valence-electron chi connectivity index (χ2n) is 4.56. The van der Waals surface area contributed by atoms with Crippen LogP contribution in [0.25, 0.3) is 11.3 Å². The van der Waals surface area contributed by atoms with Gasteiger partial charge in [0.2, 0.25) is 0 Å². The van der Waals surface area contributed by atoms with Crippen molar-refractivity contribution in [3.63, 3.8) is 0 Å². The van der Waals surface area contributed by atoms with Crippen molar-refractivity contribution in [1.82, 2.24) is 10.2 Å². The quantitative estimate of drug-likeness (QED) is 0.817. The highest BCUT2D eigenvalue weighted by molar-refractivity contribution is 5.65. The Kier molecular flexibility index (Phi) is 3.01. The zero-order valence-corrected chi connectivity index (χ0v) is 10.2. The number of nitrogens with one attached hydrogen (secondary N) is 1. The van der Waals surface area contributed by atoms with Gasteiger partial charge < -0.3 is 4.74 Å². The van der Waals surface area contributed by atoms with E-state index in [0.717, 1.165) is 17.8 Å². The van der Waals surface area contributed by atoms with Gasteiger partial charge in [-0.25, -0.2) is 4.39 Å². The van der Waals surface area contributed by atoms with Crippen LogP contribution in [0.2, 0.25) is 0 Å². The summed E-state index contributed by atoms with van der Waals surface area (Å²) in [5.41, 5.74) is 0.894. The van der Waals surface area contributed by atoms with Crippen LogP contribution >= 0.6 is 0 Å². The number of ether oxygens (including phenoxy) is 1. The van der Waals surface area contributed by atoms with Gasteiger partial charge in [-0.05, 0) is 18.2 Å². The minimum absolute atomic E-state index is 0.0975. The number of benzene rings is 1.